The average Bonchev–Trinajstić information content (AvgIpc) is 3.28. The van der Waals surface area contributed by atoms with Crippen molar-refractivity contribution >= 4 is 5.91 Å². The molecule has 0 radical (unpaired) electrons. The second-order valence-electron chi connectivity index (χ2n) is 6.53. The van der Waals surface area contributed by atoms with Crippen molar-refractivity contribution in [2.45, 2.75) is 24.9 Å². The van der Waals surface area contributed by atoms with E-state index in [1.54, 1.807) is 12.4 Å². The molecular formula is C17H21N5O3. The van der Waals surface area contributed by atoms with Gasteiger partial charge in [0.1, 0.15) is 0 Å². The summed E-state index contributed by atoms with van der Waals surface area (Å²) in [7, 11) is 0. The summed E-state index contributed by atoms with van der Waals surface area (Å²) in [6, 6.07) is 3.73. The van der Waals surface area contributed by atoms with Crippen molar-refractivity contribution < 1.29 is 14.1 Å². The second kappa shape index (κ2) is 7.28. The zero-order valence-corrected chi connectivity index (χ0v) is 13.9. The quantitative estimate of drug-likeness (QED) is 0.830. The van der Waals surface area contributed by atoms with E-state index < -0.39 is 0 Å². The lowest BCUT2D eigenvalue weighted by Crippen LogP contribution is -2.50. The highest BCUT2D eigenvalue weighted by Gasteiger charge is 2.33. The van der Waals surface area contributed by atoms with Crippen LogP contribution in [0.4, 0.5) is 0 Å². The van der Waals surface area contributed by atoms with Crippen molar-refractivity contribution in [3.05, 3.63) is 30.4 Å². The van der Waals surface area contributed by atoms with Gasteiger partial charge in [0, 0.05) is 44.2 Å². The van der Waals surface area contributed by atoms with Crippen LogP contribution in [0.3, 0.4) is 0 Å². The smallest absolute Gasteiger partial charge is 0.234 e. The zero-order valence-electron chi connectivity index (χ0n) is 13.9. The van der Waals surface area contributed by atoms with Crippen molar-refractivity contribution in [1.82, 2.24) is 25.3 Å². The molecule has 1 amide bonds. The van der Waals surface area contributed by atoms with Gasteiger partial charge in [-0.05, 0) is 25.0 Å². The van der Waals surface area contributed by atoms with Gasteiger partial charge in [0.15, 0.2) is 0 Å². The fourth-order valence-electron chi connectivity index (χ4n) is 3.16. The predicted molar refractivity (Wildman–Crippen MR) is 88.7 cm³/mol. The van der Waals surface area contributed by atoms with Gasteiger partial charge >= 0.3 is 0 Å². The molecule has 0 aromatic carbocycles. The van der Waals surface area contributed by atoms with Crippen molar-refractivity contribution in [2.75, 3.05) is 32.8 Å². The highest BCUT2D eigenvalue weighted by atomic mass is 16.5. The number of nitrogens with zero attached hydrogens (tertiary/aromatic N) is 4. The number of nitrogens with one attached hydrogen (secondary N) is 1. The van der Waals surface area contributed by atoms with Gasteiger partial charge < -0.3 is 14.6 Å². The predicted octanol–water partition coefficient (Wildman–Crippen LogP) is 0.826. The minimum absolute atomic E-state index is 0.0375. The van der Waals surface area contributed by atoms with E-state index in [9.17, 15) is 4.79 Å². The van der Waals surface area contributed by atoms with E-state index in [1.165, 1.54) is 0 Å². The summed E-state index contributed by atoms with van der Waals surface area (Å²) in [4.78, 5) is 22.5. The standard InChI is InChI=1S/C17H21N5O3/c23-15(19-8-14-4-2-6-24-14)11-22-9-13(10-22)17-20-16(21-25-17)12-3-1-5-18-7-12/h1,3,5,7,13-14H,2,4,6,8-11H2,(H,19,23)/t14-/m1/s1. The highest BCUT2D eigenvalue weighted by molar-refractivity contribution is 5.78. The molecule has 2 aromatic heterocycles. The van der Waals surface area contributed by atoms with Crippen LogP contribution in [0.15, 0.2) is 29.0 Å². The SMILES string of the molecule is O=C(CN1CC(c2nc(-c3cccnc3)no2)C1)NC[C@H]1CCCO1. The van der Waals surface area contributed by atoms with Crippen LogP contribution in [0.2, 0.25) is 0 Å². The Morgan fingerprint density at radius 2 is 2.32 bits per heavy atom. The summed E-state index contributed by atoms with van der Waals surface area (Å²) in [5, 5.41) is 6.95. The number of carbonyl (C=O) groups excluding carboxylic acids is 1. The Kier molecular flexibility index (Phi) is 4.71. The van der Waals surface area contributed by atoms with Crippen molar-refractivity contribution in [1.29, 1.82) is 0 Å². The van der Waals surface area contributed by atoms with Gasteiger partial charge in [-0.15, -0.1) is 0 Å². The van der Waals surface area contributed by atoms with Gasteiger partial charge in [0.25, 0.3) is 0 Å². The Morgan fingerprint density at radius 1 is 1.40 bits per heavy atom. The first-order chi connectivity index (χ1) is 12.3. The number of amides is 1. The molecule has 1 N–H and O–H groups in total. The number of carbonyl (C=O) groups is 1. The first-order valence-corrected chi connectivity index (χ1v) is 8.62. The number of hydrogen-bond acceptors (Lipinski definition) is 7. The molecule has 0 spiro atoms. The van der Waals surface area contributed by atoms with Crippen LogP contribution >= 0.6 is 0 Å². The van der Waals surface area contributed by atoms with Crippen LogP contribution in [0.25, 0.3) is 11.4 Å². The minimum atomic E-state index is 0.0375. The zero-order chi connectivity index (χ0) is 17.1. The van der Waals surface area contributed by atoms with Crippen LogP contribution in [0, 0.1) is 0 Å². The summed E-state index contributed by atoms with van der Waals surface area (Å²) in [6.07, 6.45) is 5.71. The third-order valence-corrected chi connectivity index (χ3v) is 4.59. The molecule has 0 bridgehead atoms. The van der Waals surface area contributed by atoms with E-state index in [1.807, 2.05) is 12.1 Å². The highest BCUT2D eigenvalue weighted by Crippen LogP contribution is 2.27. The minimum Gasteiger partial charge on any atom is -0.376 e. The molecule has 2 aliphatic rings. The second-order valence-corrected chi connectivity index (χ2v) is 6.53. The third-order valence-electron chi connectivity index (χ3n) is 4.59. The summed E-state index contributed by atoms with van der Waals surface area (Å²) in [5.41, 5.74) is 0.835. The number of ether oxygens (including phenoxy) is 1. The lowest BCUT2D eigenvalue weighted by molar-refractivity contribution is -0.123. The van der Waals surface area contributed by atoms with Gasteiger partial charge in [-0.25, -0.2) is 0 Å². The molecule has 2 aromatic rings. The molecular weight excluding hydrogens is 322 g/mol. The van der Waals surface area contributed by atoms with Gasteiger partial charge in [-0.1, -0.05) is 5.16 Å². The van der Waals surface area contributed by atoms with Crippen molar-refractivity contribution in [3.63, 3.8) is 0 Å². The van der Waals surface area contributed by atoms with E-state index in [-0.39, 0.29) is 17.9 Å². The topological polar surface area (TPSA) is 93.4 Å². The summed E-state index contributed by atoms with van der Waals surface area (Å²) >= 11 is 0. The van der Waals surface area contributed by atoms with E-state index >= 15 is 0 Å². The first kappa shape index (κ1) is 16.2. The van der Waals surface area contributed by atoms with Crippen LogP contribution in [-0.2, 0) is 9.53 Å². The molecule has 2 fully saturated rings. The maximum absolute atomic E-state index is 12.0. The Bertz CT molecular complexity index is 708. The van der Waals surface area contributed by atoms with Gasteiger partial charge in [-0.2, -0.15) is 4.98 Å². The largest absolute Gasteiger partial charge is 0.376 e. The molecule has 2 saturated heterocycles. The van der Waals surface area contributed by atoms with Gasteiger partial charge in [0.2, 0.25) is 17.6 Å². The molecule has 8 nitrogen and oxygen atoms in total. The van der Waals surface area contributed by atoms with Gasteiger partial charge in [-0.3, -0.25) is 14.7 Å². The molecule has 4 heterocycles. The average molecular weight is 343 g/mol. The maximum Gasteiger partial charge on any atom is 0.234 e. The number of likely N-dealkylation sites (tertiary alicyclic amines) is 1. The molecule has 0 unspecified atom stereocenters. The van der Waals surface area contributed by atoms with E-state index in [0.717, 1.165) is 38.1 Å². The molecule has 132 valence electrons. The fraction of sp³-hybridized carbons (Fsp3) is 0.529. The molecule has 0 saturated carbocycles. The molecule has 0 aliphatic carbocycles. The summed E-state index contributed by atoms with van der Waals surface area (Å²) in [5.74, 6) is 1.39. The number of aromatic nitrogens is 3. The van der Waals surface area contributed by atoms with E-state index in [2.05, 4.69) is 25.3 Å². The Morgan fingerprint density at radius 3 is 3.08 bits per heavy atom. The lowest BCUT2D eigenvalue weighted by Gasteiger charge is -2.36. The molecule has 25 heavy (non-hydrogen) atoms. The molecule has 4 rings (SSSR count). The summed E-state index contributed by atoms with van der Waals surface area (Å²) < 4.78 is 10.9. The van der Waals surface area contributed by atoms with Crippen LogP contribution < -0.4 is 5.32 Å². The molecule has 1 atom stereocenters. The van der Waals surface area contributed by atoms with E-state index in [0.29, 0.717) is 24.8 Å². The normalized spacial score (nSPS) is 21.2. The van der Waals surface area contributed by atoms with Crippen molar-refractivity contribution in [3.8, 4) is 11.4 Å². The van der Waals surface area contributed by atoms with E-state index in [4.69, 9.17) is 9.26 Å². The van der Waals surface area contributed by atoms with Crippen molar-refractivity contribution in [2.24, 2.45) is 0 Å². The molecule has 8 heteroatoms. The summed E-state index contributed by atoms with van der Waals surface area (Å²) in [6.45, 7) is 3.31. The van der Waals surface area contributed by atoms with Crippen LogP contribution in [-0.4, -0.2) is 64.8 Å². The van der Waals surface area contributed by atoms with Crippen LogP contribution in [0.1, 0.15) is 24.7 Å². The Labute approximate surface area is 145 Å². The maximum atomic E-state index is 12.0. The molecule has 2 aliphatic heterocycles. The third kappa shape index (κ3) is 3.85. The first-order valence-electron chi connectivity index (χ1n) is 8.62. The fourth-order valence-corrected chi connectivity index (χ4v) is 3.16. The number of hydrogen-bond donors (Lipinski definition) is 1. The van der Waals surface area contributed by atoms with Crippen LogP contribution in [0.5, 0.6) is 0 Å². The Balaban J connectivity index is 1.22. The lowest BCUT2D eigenvalue weighted by atomic mass is 10.0. The van der Waals surface area contributed by atoms with Gasteiger partial charge in [0.05, 0.1) is 18.6 Å². The monoisotopic (exact) mass is 343 g/mol. The number of rotatable bonds is 6. The Hall–Kier alpha value is -2.32. The number of pyridine rings is 1.